The molecule has 0 aliphatic carbocycles. The third-order valence-electron chi connectivity index (χ3n) is 4.71. The van der Waals surface area contributed by atoms with Crippen molar-refractivity contribution < 1.29 is 14.4 Å². The van der Waals surface area contributed by atoms with Gasteiger partial charge < -0.3 is 15.5 Å². The van der Waals surface area contributed by atoms with Gasteiger partial charge in [0.15, 0.2) is 5.78 Å². The van der Waals surface area contributed by atoms with Crippen molar-refractivity contribution in [1.29, 1.82) is 0 Å². The highest BCUT2D eigenvalue weighted by molar-refractivity contribution is 5.88. The van der Waals surface area contributed by atoms with Crippen molar-refractivity contribution in [2.75, 3.05) is 13.1 Å². The molecule has 3 atom stereocenters. The summed E-state index contributed by atoms with van der Waals surface area (Å²) in [6, 6.07) is 9.06. The Morgan fingerprint density at radius 3 is 2.52 bits per heavy atom. The highest BCUT2D eigenvalue weighted by Crippen LogP contribution is 2.24. The Kier molecular flexibility index (Phi) is 6.56. The van der Waals surface area contributed by atoms with E-state index in [0.29, 0.717) is 25.9 Å². The molecule has 0 saturated carbocycles. The molecule has 1 aliphatic rings. The summed E-state index contributed by atoms with van der Waals surface area (Å²) in [5.74, 6) is 0.0958. The van der Waals surface area contributed by atoms with E-state index in [2.05, 4.69) is 10.6 Å². The number of nitrogens with one attached hydrogen (secondary N) is 2. The molecule has 0 bridgehead atoms. The minimum Gasteiger partial charge on any atom is -0.338 e. The van der Waals surface area contributed by atoms with Crippen LogP contribution in [0.2, 0.25) is 0 Å². The lowest BCUT2D eigenvalue weighted by Gasteiger charge is -2.21. The summed E-state index contributed by atoms with van der Waals surface area (Å²) < 4.78 is 0. The van der Waals surface area contributed by atoms with Gasteiger partial charge in [0.2, 0.25) is 5.91 Å². The first-order valence-electron chi connectivity index (χ1n) is 8.81. The van der Waals surface area contributed by atoms with Crippen LogP contribution in [-0.2, 0) is 9.59 Å². The molecule has 6 heteroatoms. The maximum absolute atomic E-state index is 12.1. The molecule has 3 amide bonds. The number of nitrogens with zero attached hydrogens (tertiary/aromatic N) is 1. The van der Waals surface area contributed by atoms with Crippen LogP contribution in [0.3, 0.4) is 0 Å². The summed E-state index contributed by atoms with van der Waals surface area (Å²) in [5.41, 5.74) is 1.04. The molecule has 2 rings (SSSR count). The normalized spacial score (nSPS) is 20.8. The van der Waals surface area contributed by atoms with Crippen molar-refractivity contribution in [3.8, 4) is 0 Å². The Labute approximate surface area is 149 Å². The van der Waals surface area contributed by atoms with E-state index in [9.17, 15) is 14.4 Å². The molecule has 0 radical (unpaired) electrons. The van der Waals surface area contributed by atoms with Gasteiger partial charge in [0.25, 0.3) is 0 Å². The van der Waals surface area contributed by atoms with Crippen LogP contribution >= 0.6 is 0 Å². The van der Waals surface area contributed by atoms with Gasteiger partial charge in [-0.15, -0.1) is 0 Å². The zero-order valence-electron chi connectivity index (χ0n) is 15.1. The Balaban J connectivity index is 1.83. The average Bonchev–Trinajstić information content (AvgIpc) is 3.04. The van der Waals surface area contributed by atoms with Gasteiger partial charge in [-0.25, -0.2) is 4.79 Å². The molecule has 0 spiro atoms. The van der Waals surface area contributed by atoms with Gasteiger partial charge in [-0.3, -0.25) is 9.59 Å². The first-order chi connectivity index (χ1) is 11.9. The van der Waals surface area contributed by atoms with Crippen LogP contribution in [0.1, 0.15) is 45.2 Å². The average molecular weight is 345 g/mol. The molecule has 1 saturated heterocycles. The molecule has 25 heavy (non-hydrogen) atoms. The molecular formula is C19H27N3O3. The van der Waals surface area contributed by atoms with Gasteiger partial charge in [-0.2, -0.15) is 0 Å². The largest absolute Gasteiger partial charge is 0.338 e. The third-order valence-corrected chi connectivity index (χ3v) is 4.71. The van der Waals surface area contributed by atoms with Gasteiger partial charge in [-0.05, 0) is 24.8 Å². The lowest BCUT2D eigenvalue weighted by molar-refractivity contribution is -0.135. The first kappa shape index (κ1) is 19.0. The lowest BCUT2D eigenvalue weighted by Crippen LogP contribution is -2.40. The Morgan fingerprint density at radius 1 is 1.24 bits per heavy atom. The zero-order valence-corrected chi connectivity index (χ0v) is 15.1. The lowest BCUT2D eigenvalue weighted by atomic mass is 10.0. The van der Waals surface area contributed by atoms with E-state index in [0.717, 1.165) is 5.56 Å². The number of Topliss-reactive ketones (excluding diaryl/α,β-unsaturated/α-hetero) is 1. The maximum atomic E-state index is 12.1. The third kappa shape index (κ3) is 5.05. The second-order valence-electron chi connectivity index (χ2n) is 6.60. The Bertz CT molecular complexity index is 618. The van der Waals surface area contributed by atoms with Crippen molar-refractivity contribution in [1.82, 2.24) is 15.5 Å². The van der Waals surface area contributed by atoms with Crippen molar-refractivity contribution in [2.45, 2.75) is 45.7 Å². The molecule has 1 aliphatic heterocycles. The molecule has 2 N–H and O–H groups in total. The molecule has 2 unspecified atom stereocenters. The summed E-state index contributed by atoms with van der Waals surface area (Å²) in [6.07, 6.45) is 1.03. The monoisotopic (exact) mass is 345 g/mol. The summed E-state index contributed by atoms with van der Waals surface area (Å²) >= 11 is 0. The van der Waals surface area contributed by atoms with E-state index >= 15 is 0 Å². The molecule has 6 nitrogen and oxygen atoms in total. The van der Waals surface area contributed by atoms with Crippen LogP contribution in [0.15, 0.2) is 30.3 Å². The predicted octanol–water partition coefficient (Wildman–Crippen LogP) is 2.26. The van der Waals surface area contributed by atoms with Crippen molar-refractivity contribution in [3.05, 3.63) is 35.9 Å². The molecule has 136 valence electrons. The van der Waals surface area contributed by atoms with E-state index in [1.54, 1.807) is 4.90 Å². The Hall–Kier alpha value is -2.37. The fourth-order valence-corrected chi connectivity index (χ4v) is 3.27. The molecule has 0 aromatic heterocycles. The molecule has 1 aromatic rings. The SMILES string of the molecule is CCC(=O)[C@@H]1CC(CNC(=O)NC(C)c2ccccc2)CN1C(C)=O. The second kappa shape index (κ2) is 8.65. The van der Waals surface area contributed by atoms with E-state index in [1.165, 1.54) is 6.92 Å². The summed E-state index contributed by atoms with van der Waals surface area (Å²) in [6.45, 7) is 6.19. The van der Waals surface area contributed by atoms with Gasteiger partial charge in [0, 0.05) is 26.4 Å². The molecule has 1 heterocycles. The number of carbonyl (C=O) groups excluding carboxylic acids is 3. The van der Waals surface area contributed by atoms with Crippen molar-refractivity contribution in [3.63, 3.8) is 0 Å². The van der Waals surface area contributed by atoms with Gasteiger partial charge in [-0.1, -0.05) is 37.3 Å². The van der Waals surface area contributed by atoms with Gasteiger partial charge in [0.1, 0.15) is 0 Å². The molecular weight excluding hydrogens is 318 g/mol. The predicted molar refractivity (Wildman–Crippen MR) is 96.0 cm³/mol. The van der Waals surface area contributed by atoms with E-state index in [4.69, 9.17) is 0 Å². The number of carbonyl (C=O) groups is 3. The number of ketones is 1. The number of hydrogen-bond acceptors (Lipinski definition) is 3. The van der Waals surface area contributed by atoms with Crippen LogP contribution in [0.25, 0.3) is 0 Å². The number of hydrogen-bond donors (Lipinski definition) is 2. The minimum absolute atomic E-state index is 0.0832. The van der Waals surface area contributed by atoms with Crippen LogP contribution < -0.4 is 10.6 Å². The quantitative estimate of drug-likeness (QED) is 0.830. The van der Waals surface area contributed by atoms with Gasteiger partial charge in [0.05, 0.1) is 12.1 Å². The maximum Gasteiger partial charge on any atom is 0.315 e. The number of likely N-dealkylation sites (tertiary alicyclic amines) is 1. The Morgan fingerprint density at radius 2 is 1.92 bits per heavy atom. The summed E-state index contributed by atoms with van der Waals surface area (Å²) in [4.78, 5) is 37.5. The second-order valence-corrected chi connectivity index (χ2v) is 6.60. The van der Waals surface area contributed by atoms with E-state index in [-0.39, 0.29) is 35.7 Å². The van der Waals surface area contributed by atoms with Crippen molar-refractivity contribution >= 4 is 17.7 Å². The summed E-state index contributed by atoms with van der Waals surface area (Å²) in [5, 5.41) is 5.76. The fraction of sp³-hybridized carbons (Fsp3) is 0.526. The number of benzene rings is 1. The fourth-order valence-electron chi connectivity index (χ4n) is 3.27. The van der Waals surface area contributed by atoms with Crippen LogP contribution in [0.5, 0.6) is 0 Å². The number of amides is 3. The standard InChI is InChI=1S/C19H27N3O3/c1-4-18(24)17-10-15(12-22(17)14(3)23)11-20-19(25)21-13(2)16-8-6-5-7-9-16/h5-9,13,15,17H,4,10-12H2,1-3H3,(H2,20,21,25)/t13?,15?,17-/m0/s1. The minimum atomic E-state index is -0.347. The van der Waals surface area contributed by atoms with E-state index in [1.807, 2.05) is 44.2 Å². The van der Waals surface area contributed by atoms with Crippen LogP contribution in [-0.4, -0.2) is 41.8 Å². The van der Waals surface area contributed by atoms with Crippen LogP contribution in [0.4, 0.5) is 4.79 Å². The molecule has 1 aromatic carbocycles. The first-order valence-corrected chi connectivity index (χ1v) is 8.81. The van der Waals surface area contributed by atoms with Crippen molar-refractivity contribution in [2.24, 2.45) is 5.92 Å². The number of rotatable bonds is 6. The number of urea groups is 1. The highest BCUT2D eigenvalue weighted by Gasteiger charge is 2.37. The zero-order chi connectivity index (χ0) is 18.4. The molecule has 1 fully saturated rings. The summed E-state index contributed by atoms with van der Waals surface area (Å²) in [7, 11) is 0. The van der Waals surface area contributed by atoms with Gasteiger partial charge >= 0.3 is 6.03 Å². The van der Waals surface area contributed by atoms with E-state index < -0.39 is 0 Å². The highest BCUT2D eigenvalue weighted by atomic mass is 16.2. The topological polar surface area (TPSA) is 78.5 Å². The smallest absolute Gasteiger partial charge is 0.315 e. The van der Waals surface area contributed by atoms with Crippen LogP contribution in [0, 0.1) is 5.92 Å².